The van der Waals surface area contributed by atoms with Crippen molar-refractivity contribution in [3.8, 4) is 0 Å². The van der Waals surface area contributed by atoms with Crippen LogP contribution >= 0.6 is 0 Å². The Hall–Kier alpha value is -1.92. The van der Waals surface area contributed by atoms with E-state index in [0.717, 1.165) is 10.8 Å². The van der Waals surface area contributed by atoms with Gasteiger partial charge in [0.1, 0.15) is 17.6 Å². The van der Waals surface area contributed by atoms with Crippen molar-refractivity contribution in [2.75, 3.05) is 5.73 Å². The second-order valence-corrected chi connectivity index (χ2v) is 3.30. The molecule has 2 heterocycles. The quantitative estimate of drug-likeness (QED) is 0.676. The third kappa shape index (κ3) is 1.27. The minimum Gasteiger partial charge on any atom is -0.480 e. The van der Waals surface area contributed by atoms with Crippen molar-refractivity contribution in [1.82, 2.24) is 9.55 Å². The van der Waals surface area contributed by atoms with Gasteiger partial charge in [0.05, 0.1) is 6.20 Å². The molecule has 0 bridgehead atoms. The number of carboxylic acid groups (broad SMARTS) is 1. The first kappa shape index (κ1) is 9.63. The molecule has 0 saturated carbocycles. The van der Waals surface area contributed by atoms with Gasteiger partial charge in [-0.15, -0.1) is 0 Å². The maximum absolute atomic E-state index is 13.3. The predicted molar refractivity (Wildman–Crippen MR) is 48.0 cm³/mol. The Morgan fingerprint density at radius 1 is 1.73 bits per heavy atom. The zero-order chi connectivity index (χ0) is 11.2. The van der Waals surface area contributed by atoms with Crippen LogP contribution in [0.15, 0.2) is 11.0 Å². The molecule has 0 fully saturated rings. The van der Waals surface area contributed by atoms with Crippen molar-refractivity contribution in [3.05, 3.63) is 22.4 Å². The summed E-state index contributed by atoms with van der Waals surface area (Å²) in [6.07, 6.45) is -0.758. The van der Waals surface area contributed by atoms with Gasteiger partial charge in [0.15, 0.2) is 6.17 Å². The second-order valence-electron chi connectivity index (χ2n) is 3.30. The zero-order valence-electron chi connectivity index (χ0n) is 7.55. The average molecular weight is 213 g/mol. The molecule has 0 saturated heterocycles. The molecule has 7 heteroatoms. The topological polar surface area (TPSA) is 98.2 Å². The van der Waals surface area contributed by atoms with E-state index in [1.54, 1.807) is 0 Å². The molecule has 0 radical (unpaired) electrons. The van der Waals surface area contributed by atoms with E-state index in [-0.39, 0.29) is 17.9 Å². The first-order valence-corrected chi connectivity index (χ1v) is 4.26. The lowest BCUT2D eigenvalue weighted by molar-refractivity contribution is -0.141. The summed E-state index contributed by atoms with van der Waals surface area (Å²) in [5.74, 6) is -1.42. The summed E-state index contributed by atoms with van der Waals surface area (Å²) < 4.78 is 14.1. The number of hydrogen-bond acceptors (Lipinski definition) is 4. The van der Waals surface area contributed by atoms with Crippen LogP contribution in [0.1, 0.15) is 24.5 Å². The van der Waals surface area contributed by atoms with E-state index in [9.17, 15) is 14.0 Å². The number of anilines is 1. The van der Waals surface area contributed by atoms with Crippen molar-refractivity contribution in [2.24, 2.45) is 0 Å². The Labute approximate surface area is 83.2 Å². The number of halogens is 1. The van der Waals surface area contributed by atoms with E-state index in [1.807, 2.05) is 0 Å². The maximum atomic E-state index is 13.3. The molecule has 0 amide bonds. The van der Waals surface area contributed by atoms with Crippen LogP contribution in [0, 0.1) is 0 Å². The van der Waals surface area contributed by atoms with Gasteiger partial charge >= 0.3 is 5.97 Å². The Balaban J connectivity index is 2.67. The highest BCUT2D eigenvalue weighted by molar-refractivity contribution is 5.72. The summed E-state index contributed by atoms with van der Waals surface area (Å²) >= 11 is 0. The molecule has 1 aliphatic heterocycles. The molecule has 0 aliphatic carbocycles. The van der Waals surface area contributed by atoms with Crippen LogP contribution in [-0.2, 0) is 4.79 Å². The first-order chi connectivity index (χ1) is 7.02. The SMILES string of the molecule is Nc1cnc2n(c1=O)[C@H](C(=O)O)C[C@H]2F. The van der Waals surface area contributed by atoms with Crippen LogP contribution in [0.25, 0.3) is 0 Å². The van der Waals surface area contributed by atoms with Crippen LogP contribution in [0.4, 0.5) is 10.1 Å². The third-order valence-electron chi connectivity index (χ3n) is 2.36. The molecule has 0 unspecified atom stereocenters. The van der Waals surface area contributed by atoms with Crippen molar-refractivity contribution >= 4 is 11.7 Å². The van der Waals surface area contributed by atoms with E-state index in [4.69, 9.17) is 10.8 Å². The molecule has 1 aliphatic rings. The second kappa shape index (κ2) is 3.04. The van der Waals surface area contributed by atoms with E-state index >= 15 is 0 Å². The molecule has 3 N–H and O–H groups in total. The van der Waals surface area contributed by atoms with Crippen LogP contribution < -0.4 is 11.3 Å². The van der Waals surface area contributed by atoms with Crippen molar-refractivity contribution in [3.63, 3.8) is 0 Å². The Morgan fingerprint density at radius 2 is 2.40 bits per heavy atom. The molecule has 1 aromatic heterocycles. The smallest absolute Gasteiger partial charge is 0.326 e. The maximum Gasteiger partial charge on any atom is 0.326 e. The van der Waals surface area contributed by atoms with Gasteiger partial charge in [-0.05, 0) is 0 Å². The molecule has 0 spiro atoms. The molecule has 2 rings (SSSR count). The van der Waals surface area contributed by atoms with E-state index in [1.165, 1.54) is 0 Å². The number of nitrogens with two attached hydrogens (primary N) is 1. The average Bonchev–Trinajstić information content (AvgIpc) is 2.50. The number of carbonyl (C=O) groups is 1. The number of nitrogens with zero attached hydrogens (tertiary/aromatic N) is 2. The number of carboxylic acids is 1. The lowest BCUT2D eigenvalue weighted by atomic mass is 10.2. The number of hydrogen-bond donors (Lipinski definition) is 2. The molecule has 1 aromatic rings. The van der Waals surface area contributed by atoms with Crippen molar-refractivity contribution in [2.45, 2.75) is 18.6 Å². The summed E-state index contributed by atoms with van der Waals surface area (Å²) in [5, 5.41) is 8.80. The molecular weight excluding hydrogens is 205 g/mol. The summed E-state index contributed by atoms with van der Waals surface area (Å²) in [7, 11) is 0. The fraction of sp³-hybridized carbons (Fsp3) is 0.375. The van der Waals surface area contributed by atoms with Gasteiger partial charge in [0, 0.05) is 6.42 Å². The number of rotatable bonds is 1. The number of fused-ring (bicyclic) bond motifs is 1. The van der Waals surface area contributed by atoms with Crippen LogP contribution in [0.2, 0.25) is 0 Å². The van der Waals surface area contributed by atoms with Gasteiger partial charge in [0.2, 0.25) is 0 Å². The molecular formula is C8H8FN3O3. The number of aliphatic carboxylic acids is 1. The summed E-state index contributed by atoms with van der Waals surface area (Å²) in [4.78, 5) is 25.9. The Morgan fingerprint density at radius 3 is 3.00 bits per heavy atom. The predicted octanol–water partition coefficient (Wildman–Crippen LogP) is -0.135. The molecule has 6 nitrogen and oxygen atoms in total. The van der Waals surface area contributed by atoms with E-state index in [0.29, 0.717) is 0 Å². The Kier molecular flexibility index (Phi) is 1.95. The fourth-order valence-corrected chi connectivity index (χ4v) is 1.65. The zero-order valence-corrected chi connectivity index (χ0v) is 7.55. The third-order valence-corrected chi connectivity index (χ3v) is 2.36. The first-order valence-electron chi connectivity index (χ1n) is 4.26. The van der Waals surface area contributed by atoms with Gasteiger partial charge in [-0.3, -0.25) is 9.36 Å². The summed E-state index contributed by atoms with van der Waals surface area (Å²) in [5.41, 5.74) is 4.41. The summed E-state index contributed by atoms with van der Waals surface area (Å²) in [6, 6.07) is -1.21. The molecule has 0 aromatic carbocycles. The highest BCUT2D eigenvalue weighted by atomic mass is 19.1. The highest BCUT2D eigenvalue weighted by Crippen LogP contribution is 2.34. The van der Waals surface area contributed by atoms with Crippen LogP contribution in [0.5, 0.6) is 0 Å². The van der Waals surface area contributed by atoms with Gasteiger partial charge < -0.3 is 10.8 Å². The minimum atomic E-state index is -1.53. The van der Waals surface area contributed by atoms with E-state index in [2.05, 4.69) is 4.98 Å². The lowest BCUT2D eigenvalue weighted by Gasteiger charge is -2.08. The van der Waals surface area contributed by atoms with Crippen molar-refractivity contribution < 1.29 is 14.3 Å². The highest BCUT2D eigenvalue weighted by Gasteiger charge is 2.37. The Bertz CT molecular complexity index is 485. The standard InChI is InChI=1S/C8H8FN3O3/c9-3-1-5(8(14)15)12-6(3)11-2-4(10)7(12)13/h2-3,5H,1,10H2,(H,14,15)/t3-,5+/m1/s1. The van der Waals surface area contributed by atoms with Crippen LogP contribution in [-0.4, -0.2) is 20.6 Å². The number of aromatic nitrogens is 2. The normalized spacial score (nSPS) is 23.8. The van der Waals surface area contributed by atoms with Gasteiger partial charge in [-0.25, -0.2) is 14.2 Å². The van der Waals surface area contributed by atoms with Gasteiger partial charge in [-0.2, -0.15) is 0 Å². The monoisotopic (exact) mass is 213 g/mol. The molecule has 2 atom stereocenters. The largest absolute Gasteiger partial charge is 0.480 e. The van der Waals surface area contributed by atoms with E-state index < -0.39 is 23.7 Å². The van der Waals surface area contributed by atoms with Crippen molar-refractivity contribution in [1.29, 1.82) is 0 Å². The van der Waals surface area contributed by atoms with Gasteiger partial charge in [-0.1, -0.05) is 0 Å². The fourth-order valence-electron chi connectivity index (χ4n) is 1.65. The number of alkyl halides is 1. The minimum absolute atomic E-state index is 0.165. The van der Waals surface area contributed by atoms with Gasteiger partial charge in [0.25, 0.3) is 5.56 Å². The molecule has 15 heavy (non-hydrogen) atoms. The number of nitrogen functional groups attached to an aromatic ring is 1. The summed E-state index contributed by atoms with van der Waals surface area (Å²) in [6.45, 7) is 0. The van der Waals surface area contributed by atoms with Crippen LogP contribution in [0.3, 0.4) is 0 Å². The lowest BCUT2D eigenvalue weighted by Crippen LogP contribution is -2.29. The molecule has 80 valence electrons.